The largest absolute Gasteiger partial charge is 0.375 e. The van der Waals surface area contributed by atoms with Gasteiger partial charge in [-0.1, -0.05) is 5.92 Å². The highest BCUT2D eigenvalue weighted by molar-refractivity contribution is 5.51. The fraction of sp³-hybridized carbons (Fsp3) is 0.500. The summed E-state index contributed by atoms with van der Waals surface area (Å²) in [4.78, 5) is 16.8. The highest BCUT2D eigenvalue weighted by Gasteiger charge is 2.50. The first-order valence-electron chi connectivity index (χ1n) is 6.34. The fourth-order valence-corrected chi connectivity index (χ4v) is 2.67. The molecule has 1 spiro atoms. The highest BCUT2D eigenvalue weighted by Crippen LogP contribution is 2.33. The average molecular weight is 260 g/mol. The first-order chi connectivity index (χ1) is 9.16. The third-order valence-electron chi connectivity index (χ3n) is 4.00. The number of anilines is 1. The van der Waals surface area contributed by atoms with Gasteiger partial charge >= 0.3 is 0 Å². The molecule has 1 aromatic heterocycles. The molecule has 0 radical (unpaired) electrons. The van der Waals surface area contributed by atoms with Crippen molar-refractivity contribution in [2.24, 2.45) is 0 Å². The lowest BCUT2D eigenvalue weighted by Crippen LogP contribution is -2.68. The van der Waals surface area contributed by atoms with Gasteiger partial charge in [-0.2, -0.15) is 0 Å². The van der Waals surface area contributed by atoms with Crippen LogP contribution in [0, 0.1) is 12.3 Å². The molecule has 2 fully saturated rings. The molecule has 2 saturated heterocycles. The monoisotopic (exact) mass is 260 g/mol. The predicted molar refractivity (Wildman–Crippen MR) is 71.3 cm³/mol. The van der Waals surface area contributed by atoms with Crippen LogP contribution in [0.3, 0.4) is 0 Å². The van der Waals surface area contributed by atoms with Gasteiger partial charge in [-0.15, -0.1) is 6.42 Å². The smallest absolute Gasteiger partial charge is 0.271 e. The second kappa shape index (κ2) is 4.41. The molecule has 19 heavy (non-hydrogen) atoms. The second-order valence-electron chi connectivity index (χ2n) is 5.02. The van der Waals surface area contributed by atoms with Crippen LogP contribution in [0.25, 0.3) is 0 Å². The summed E-state index contributed by atoms with van der Waals surface area (Å²) in [6.07, 6.45) is 6.94. The summed E-state index contributed by atoms with van der Waals surface area (Å²) < 4.78 is 11.1. The van der Waals surface area contributed by atoms with E-state index in [0.29, 0.717) is 37.6 Å². The molecular formula is C14H16N2O3. The van der Waals surface area contributed by atoms with Crippen molar-refractivity contribution in [3.05, 3.63) is 28.2 Å². The predicted octanol–water partition coefficient (Wildman–Crippen LogP) is 0.350. The number of pyridine rings is 1. The molecule has 0 aromatic carbocycles. The topological polar surface area (TPSA) is 54.6 Å². The third kappa shape index (κ3) is 1.84. The Kier molecular flexibility index (Phi) is 2.85. The van der Waals surface area contributed by atoms with Gasteiger partial charge < -0.3 is 19.4 Å². The zero-order chi connectivity index (χ0) is 13.5. The summed E-state index contributed by atoms with van der Waals surface area (Å²) in [6.45, 7) is 4.49. The van der Waals surface area contributed by atoms with Gasteiger partial charge in [0.15, 0.2) is 0 Å². The van der Waals surface area contributed by atoms with E-state index >= 15 is 0 Å². The Morgan fingerprint density at radius 1 is 1.58 bits per heavy atom. The zero-order valence-corrected chi connectivity index (χ0v) is 10.8. The SMILES string of the molecule is C#Cc1c[nH]c(=O)c(N2CCOC3(COC3)[C@@H]2C)c1. The van der Waals surface area contributed by atoms with E-state index < -0.39 is 0 Å². The van der Waals surface area contributed by atoms with Gasteiger partial charge in [-0.3, -0.25) is 4.79 Å². The van der Waals surface area contributed by atoms with E-state index in [1.54, 1.807) is 12.3 Å². The Morgan fingerprint density at radius 2 is 2.37 bits per heavy atom. The molecule has 1 aromatic rings. The summed E-state index contributed by atoms with van der Waals surface area (Å²) in [5, 5.41) is 0. The number of nitrogens with one attached hydrogen (secondary N) is 1. The molecule has 5 heteroatoms. The molecule has 3 heterocycles. The number of aromatic amines is 1. The third-order valence-corrected chi connectivity index (χ3v) is 4.00. The molecule has 1 atom stereocenters. The van der Waals surface area contributed by atoms with Crippen LogP contribution in [0.15, 0.2) is 17.1 Å². The number of terminal acetylenes is 1. The van der Waals surface area contributed by atoms with E-state index in [4.69, 9.17) is 15.9 Å². The lowest BCUT2D eigenvalue weighted by molar-refractivity contribution is -0.228. The second-order valence-corrected chi connectivity index (χ2v) is 5.02. The highest BCUT2D eigenvalue weighted by atomic mass is 16.6. The van der Waals surface area contributed by atoms with Crippen LogP contribution in [0.4, 0.5) is 5.69 Å². The standard InChI is InChI=1S/C14H16N2O3/c1-3-11-6-12(13(17)15-7-11)16-4-5-19-14(10(16)2)8-18-9-14/h1,6-7,10H,4-5,8-9H2,2H3,(H,15,17)/t10-/m0/s1. The number of morpholine rings is 1. The van der Waals surface area contributed by atoms with Gasteiger partial charge in [0.2, 0.25) is 0 Å². The molecule has 0 amide bonds. The minimum absolute atomic E-state index is 0.0872. The minimum Gasteiger partial charge on any atom is -0.375 e. The van der Waals surface area contributed by atoms with Gasteiger partial charge in [-0.25, -0.2) is 0 Å². The Hall–Kier alpha value is -1.77. The molecular weight excluding hydrogens is 244 g/mol. The number of H-pyrrole nitrogens is 1. The Morgan fingerprint density at radius 3 is 3.00 bits per heavy atom. The lowest BCUT2D eigenvalue weighted by atomic mass is 9.90. The van der Waals surface area contributed by atoms with Crippen LogP contribution < -0.4 is 10.5 Å². The van der Waals surface area contributed by atoms with Crippen LogP contribution >= 0.6 is 0 Å². The first kappa shape index (κ1) is 12.3. The Labute approximate surface area is 111 Å². The van der Waals surface area contributed by atoms with Crippen LogP contribution in [0.1, 0.15) is 12.5 Å². The number of aromatic nitrogens is 1. The molecule has 2 aliphatic heterocycles. The van der Waals surface area contributed by atoms with Crippen LogP contribution in [0.5, 0.6) is 0 Å². The summed E-state index contributed by atoms with van der Waals surface area (Å²) in [5.74, 6) is 2.54. The number of nitrogens with zero attached hydrogens (tertiary/aromatic N) is 1. The van der Waals surface area contributed by atoms with Gasteiger partial charge in [-0.05, 0) is 13.0 Å². The molecule has 0 aliphatic carbocycles. The van der Waals surface area contributed by atoms with E-state index in [1.165, 1.54) is 0 Å². The zero-order valence-electron chi connectivity index (χ0n) is 10.8. The van der Waals surface area contributed by atoms with Gasteiger partial charge in [0.1, 0.15) is 11.3 Å². The van der Waals surface area contributed by atoms with Crippen molar-refractivity contribution < 1.29 is 9.47 Å². The summed E-state index contributed by atoms with van der Waals surface area (Å²) in [6, 6.07) is 1.84. The van der Waals surface area contributed by atoms with Crippen molar-refractivity contribution in [1.82, 2.24) is 4.98 Å². The van der Waals surface area contributed by atoms with Crippen molar-refractivity contribution in [1.29, 1.82) is 0 Å². The van der Waals surface area contributed by atoms with E-state index in [9.17, 15) is 4.79 Å². The fourth-order valence-electron chi connectivity index (χ4n) is 2.67. The number of hydrogen-bond acceptors (Lipinski definition) is 4. The number of rotatable bonds is 1. The van der Waals surface area contributed by atoms with Gasteiger partial charge in [0.05, 0.1) is 25.9 Å². The normalized spacial score (nSPS) is 24.8. The van der Waals surface area contributed by atoms with Gasteiger partial charge in [0, 0.05) is 18.3 Å². The quantitative estimate of drug-likeness (QED) is 0.740. The summed E-state index contributed by atoms with van der Waals surface area (Å²) >= 11 is 0. The van der Waals surface area contributed by atoms with Crippen molar-refractivity contribution >= 4 is 5.69 Å². The Balaban J connectivity index is 1.97. The van der Waals surface area contributed by atoms with Gasteiger partial charge in [0.25, 0.3) is 5.56 Å². The summed E-state index contributed by atoms with van der Waals surface area (Å²) in [5.41, 5.74) is 0.879. The first-order valence-corrected chi connectivity index (χ1v) is 6.34. The maximum absolute atomic E-state index is 12.0. The molecule has 0 bridgehead atoms. The molecule has 0 unspecified atom stereocenters. The van der Waals surface area contributed by atoms with Crippen molar-refractivity contribution in [3.63, 3.8) is 0 Å². The van der Waals surface area contributed by atoms with Crippen LogP contribution in [-0.4, -0.2) is 43.0 Å². The Bertz CT molecular complexity index is 583. The van der Waals surface area contributed by atoms with Crippen molar-refractivity contribution in [2.45, 2.75) is 18.6 Å². The molecule has 100 valence electrons. The van der Waals surface area contributed by atoms with E-state index in [0.717, 1.165) is 0 Å². The lowest BCUT2D eigenvalue weighted by Gasteiger charge is -2.53. The number of hydrogen-bond donors (Lipinski definition) is 1. The average Bonchev–Trinajstić information content (AvgIpc) is 2.38. The van der Waals surface area contributed by atoms with E-state index in [2.05, 4.69) is 22.7 Å². The van der Waals surface area contributed by atoms with Crippen LogP contribution in [-0.2, 0) is 9.47 Å². The van der Waals surface area contributed by atoms with Crippen LogP contribution in [0.2, 0.25) is 0 Å². The molecule has 2 aliphatic rings. The number of ether oxygens (including phenoxy) is 2. The van der Waals surface area contributed by atoms with Crippen molar-refractivity contribution in [3.8, 4) is 12.3 Å². The maximum atomic E-state index is 12.0. The summed E-state index contributed by atoms with van der Waals surface area (Å²) in [7, 11) is 0. The molecule has 0 saturated carbocycles. The maximum Gasteiger partial charge on any atom is 0.271 e. The molecule has 5 nitrogen and oxygen atoms in total. The van der Waals surface area contributed by atoms with E-state index in [1.807, 2.05) is 0 Å². The molecule has 3 rings (SSSR count). The van der Waals surface area contributed by atoms with E-state index in [-0.39, 0.29) is 17.2 Å². The van der Waals surface area contributed by atoms with Crippen molar-refractivity contribution in [2.75, 3.05) is 31.3 Å². The molecule has 1 N–H and O–H groups in total. The minimum atomic E-state index is -0.281.